The van der Waals surface area contributed by atoms with E-state index in [2.05, 4.69) is 24.3 Å². The molecular formula is C32H41NO3. The molecule has 36 heavy (non-hydrogen) atoms. The number of benzene rings is 3. The quantitative estimate of drug-likeness (QED) is 0.382. The van der Waals surface area contributed by atoms with Gasteiger partial charge in [0.2, 0.25) is 0 Å². The Labute approximate surface area is 216 Å². The number of fused-ring (bicyclic) bond motifs is 1. The van der Waals surface area contributed by atoms with E-state index in [9.17, 15) is 9.90 Å². The molecule has 0 aromatic heterocycles. The van der Waals surface area contributed by atoms with Crippen LogP contribution in [0.15, 0.2) is 84.9 Å². The van der Waals surface area contributed by atoms with E-state index in [0.29, 0.717) is 11.7 Å². The zero-order valence-electron chi connectivity index (χ0n) is 22.0. The number of hydrogen-bond donors (Lipinski definition) is 1. The molecule has 1 aliphatic heterocycles. The lowest BCUT2D eigenvalue weighted by Gasteiger charge is -2.33. The maximum absolute atomic E-state index is 12.0. The van der Waals surface area contributed by atoms with E-state index in [4.69, 9.17) is 4.74 Å². The van der Waals surface area contributed by atoms with Gasteiger partial charge in [-0.3, -0.25) is 0 Å². The van der Waals surface area contributed by atoms with Crippen molar-refractivity contribution in [2.45, 2.75) is 70.8 Å². The molecule has 1 amide bonds. The highest BCUT2D eigenvalue weighted by molar-refractivity contribution is 5.68. The van der Waals surface area contributed by atoms with Gasteiger partial charge in [-0.15, -0.1) is 0 Å². The van der Waals surface area contributed by atoms with E-state index in [-0.39, 0.29) is 6.09 Å². The van der Waals surface area contributed by atoms with Crippen LogP contribution in [0.2, 0.25) is 0 Å². The number of carbonyl (C=O) groups excluding carboxylic acids is 1. The minimum absolute atomic E-state index is 0.181. The molecule has 1 N–H and O–H groups in total. The predicted molar refractivity (Wildman–Crippen MR) is 147 cm³/mol. The zero-order valence-corrected chi connectivity index (χ0v) is 22.0. The van der Waals surface area contributed by atoms with Gasteiger partial charge in [0.15, 0.2) is 0 Å². The van der Waals surface area contributed by atoms with Crippen LogP contribution in [0.25, 0.3) is 0 Å². The van der Waals surface area contributed by atoms with E-state index < -0.39 is 5.60 Å². The Morgan fingerprint density at radius 2 is 1.33 bits per heavy atom. The van der Waals surface area contributed by atoms with Crippen molar-refractivity contribution in [3.8, 4) is 5.75 Å². The summed E-state index contributed by atoms with van der Waals surface area (Å²) in [6, 6.07) is 28.3. The number of aromatic hydroxyl groups is 1. The van der Waals surface area contributed by atoms with Crippen molar-refractivity contribution in [3.05, 3.63) is 102 Å². The smallest absolute Gasteiger partial charge is 0.410 e. The molecule has 2 aliphatic rings. The van der Waals surface area contributed by atoms with Gasteiger partial charge >= 0.3 is 6.09 Å². The second-order valence-corrected chi connectivity index (χ2v) is 10.5. The molecule has 1 aliphatic carbocycles. The molecule has 192 valence electrons. The van der Waals surface area contributed by atoms with Gasteiger partial charge in [-0.2, -0.15) is 0 Å². The fourth-order valence-corrected chi connectivity index (χ4v) is 4.55. The number of phenols is 1. The standard InChI is InChI=1S/C16H23NO2.C10H12O.C6H6/c1-16(2,3)19-15(18)17-11-9-14(10-12-17)13-7-5-4-6-8-13;11-10-6-5-8-3-1-2-4-9(8)7-10;1-2-4-6-5-3-1/h4-8,14H,9-12H2,1-3H3;5-7,11H,1-4H2;1-6H. The van der Waals surface area contributed by atoms with Crippen molar-refractivity contribution in [2.75, 3.05) is 13.1 Å². The summed E-state index contributed by atoms with van der Waals surface area (Å²) < 4.78 is 5.41. The fraction of sp³-hybridized carbons (Fsp3) is 0.406. The minimum Gasteiger partial charge on any atom is -0.508 e. The van der Waals surface area contributed by atoms with Crippen LogP contribution >= 0.6 is 0 Å². The van der Waals surface area contributed by atoms with Crippen LogP contribution in [0.3, 0.4) is 0 Å². The van der Waals surface area contributed by atoms with E-state index >= 15 is 0 Å². The van der Waals surface area contributed by atoms with E-state index in [0.717, 1.165) is 32.4 Å². The highest BCUT2D eigenvalue weighted by Crippen LogP contribution is 2.28. The van der Waals surface area contributed by atoms with E-state index in [1.165, 1.54) is 36.0 Å². The van der Waals surface area contributed by atoms with Crippen LogP contribution in [0.4, 0.5) is 4.79 Å². The number of amides is 1. The molecule has 5 rings (SSSR count). The lowest BCUT2D eigenvalue weighted by molar-refractivity contribution is 0.0205. The van der Waals surface area contributed by atoms with Gasteiger partial charge in [0.1, 0.15) is 11.4 Å². The first-order valence-corrected chi connectivity index (χ1v) is 13.2. The first-order chi connectivity index (χ1) is 17.3. The number of likely N-dealkylation sites (tertiary alicyclic amines) is 1. The Morgan fingerprint density at radius 3 is 1.89 bits per heavy atom. The number of phenolic OH excluding ortho intramolecular Hbond substituents is 1. The molecule has 0 radical (unpaired) electrons. The molecule has 3 aromatic rings. The number of hydrogen-bond acceptors (Lipinski definition) is 3. The number of carbonyl (C=O) groups is 1. The third-order valence-corrected chi connectivity index (χ3v) is 6.42. The van der Waals surface area contributed by atoms with Gasteiger partial charge < -0.3 is 14.7 Å². The number of rotatable bonds is 1. The normalized spacial score (nSPS) is 15.4. The summed E-state index contributed by atoms with van der Waals surface area (Å²) in [5.41, 5.74) is 3.74. The van der Waals surface area contributed by atoms with Crippen LogP contribution in [0.1, 0.15) is 69.1 Å². The van der Waals surface area contributed by atoms with Crippen molar-refractivity contribution >= 4 is 6.09 Å². The molecule has 1 heterocycles. The van der Waals surface area contributed by atoms with Crippen LogP contribution < -0.4 is 0 Å². The van der Waals surface area contributed by atoms with Crippen molar-refractivity contribution in [1.82, 2.24) is 4.90 Å². The average Bonchev–Trinajstić information content (AvgIpc) is 2.90. The maximum atomic E-state index is 12.0. The largest absolute Gasteiger partial charge is 0.508 e. The fourth-order valence-electron chi connectivity index (χ4n) is 4.55. The summed E-state index contributed by atoms with van der Waals surface area (Å²) in [7, 11) is 0. The Bertz CT molecular complexity index is 1010. The Morgan fingerprint density at radius 1 is 0.806 bits per heavy atom. The lowest BCUT2D eigenvalue weighted by Crippen LogP contribution is -2.41. The van der Waals surface area contributed by atoms with Gasteiger partial charge in [0.25, 0.3) is 0 Å². The molecule has 4 nitrogen and oxygen atoms in total. The molecule has 4 heteroatoms. The molecule has 0 atom stereocenters. The van der Waals surface area contributed by atoms with Crippen molar-refractivity contribution in [2.24, 2.45) is 0 Å². The summed E-state index contributed by atoms with van der Waals surface area (Å²) in [6.07, 6.45) is 6.76. The first-order valence-electron chi connectivity index (χ1n) is 13.2. The van der Waals surface area contributed by atoms with Gasteiger partial charge in [0.05, 0.1) is 0 Å². The average molecular weight is 488 g/mol. The molecule has 1 saturated heterocycles. The van der Waals surface area contributed by atoms with Crippen LogP contribution in [0, 0.1) is 0 Å². The topological polar surface area (TPSA) is 49.8 Å². The van der Waals surface area contributed by atoms with Gasteiger partial charge in [-0.1, -0.05) is 72.8 Å². The number of ether oxygens (including phenoxy) is 1. The Hall–Kier alpha value is -3.27. The number of nitrogens with zero attached hydrogens (tertiary/aromatic N) is 1. The SMILES string of the molecule is CC(C)(C)OC(=O)N1CCC(c2ccccc2)CC1.Oc1ccc2c(c1)CCCC2.c1ccccc1. The maximum Gasteiger partial charge on any atom is 0.410 e. The van der Waals surface area contributed by atoms with Gasteiger partial charge in [-0.05, 0) is 94.0 Å². The minimum atomic E-state index is -0.409. The van der Waals surface area contributed by atoms with Crippen molar-refractivity contribution in [1.29, 1.82) is 0 Å². The summed E-state index contributed by atoms with van der Waals surface area (Å²) >= 11 is 0. The van der Waals surface area contributed by atoms with Gasteiger partial charge in [0, 0.05) is 13.1 Å². The van der Waals surface area contributed by atoms with Crippen molar-refractivity contribution < 1.29 is 14.6 Å². The van der Waals surface area contributed by atoms with Gasteiger partial charge in [-0.25, -0.2) is 4.79 Å². The molecular weight excluding hydrogens is 446 g/mol. The number of aryl methyl sites for hydroxylation is 2. The third-order valence-electron chi connectivity index (χ3n) is 6.42. The Balaban J connectivity index is 0.000000176. The van der Waals surface area contributed by atoms with Crippen LogP contribution in [-0.4, -0.2) is 34.8 Å². The molecule has 0 unspecified atom stereocenters. The Kier molecular flexibility index (Phi) is 10.4. The van der Waals surface area contributed by atoms with Crippen LogP contribution in [-0.2, 0) is 17.6 Å². The zero-order chi connectivity index (χ0) is 25.8. The lowest BCUT2D eigenvalue weighted by atomic mass is 9.90. The van der Waals surface area contributed by atoms with Crippen molar-refractivity contribution in [3.63, 3.8) is 0 Å². The van der Waals surface area contributed by atoms with Crippen LogP contribution in [0.5, 0.6) is 5.75 Å². The molecule has 0 saturated carbocycles. The second-order valence-electron chi connectivity index (χ2n) is 10.5. The monoisotopic (exact) mass is 487 g/mol. The third kappa shape index (κ3) is 9.41. The molecule has 0 bridgehead atoms. The molecule has 1 fully saturated rings. The van der Waals surface area contributed by atoms with E-state index in [1.807, 2.05) is 80.3 Å². The second kappa shape index (κ2) is 13.7. The summed E-state index contributed by atoms with van der Waals surface area (Å²) in [6.45, 7) is 7.29. The highest BCUT2D eigenvalue weighted by atomic mass is 16.6. The number of piperidine rings is 1. The highest BCUT2D eigenvalue weighted by Gasteiger charge is 2.27. The molecule has 0 spiro atoms. The summed E-state index contributed by atoms with van der Waals surface area (Å²) in [5, 5.41) is 9.19. The first kappa shape index (κ1) is 27.3. The molecule has 3 aromatic carbocycles. The predicted octanol–water partition coefficient (Wildman–Crippen LogP) is 7.76. The van der Waals surface area contributed by atoms with E-state index in [1.54, 1.807) is 6.07 Å². The summed E-state index contributed by atoms with van der Waals surface area (Å²) in [5.74, 6) is 0.977. The summed E-state index contributed by atoms with van der Waals surface area (Å²) in [4.78, 5) is 13.8.